The van der Waals surface area contributed by atoms with Gasteiger partial charge in [-0.15, -0.1) is 42.7 Å². The van der Waals surface area contributed by atoms with Crippen LogP contribution < -0.4 is 5.32 Å². The van der Waals surface area contributed by atoms with Crippen molar-refractivity contribution in [3.63, 3.8) is 0 Å². The fourth-order valence-electron chi connectivity index (χ4n) is 2.10. The first-order valence-electron chi connectivity index (χ1n) is 5.62. The van der Waals surface area contributed by atoms with E-state index in [0.717, 1.165) is 32.6 Å². The second-order valence-electron chi connectivity index (χ2n) is 3.97. The van der Waals surface area contributed by atoms with Gasteiger partial charge in [0.1, 0.15) is 0 Å². The summed E-state index contributed by atoms with van der Waals surface area (Å²) in [6.45, 7) is 8.34. The van der Waals surface area contributed by atoms with Crippen molar-refractivity contribution in [2.24, 2.45) is 0 Å². The summed E-state index contributed by atoms with van der Waals surface area (Å²) in [6.07, 6.45) is 3.06. The number of nitrogens with one attached hydrogen (secondary N) is 1. The average molecular weight is 374 g/mol. The van der Waals surface area contributed by atoms with Gasteiger partial charge in [-0.1, -0.05) is 6.08 Å². The second kappa shape index (κ2) is 9.34. The Balaban J connectivity index is 0.00000144. The Kier molecular flexibility index (Phi) is 9.56. The summed E-state index contributed by atoms with van der Waals surface area (Å²) >= 11 is 5.37. The van der Waals surface area contributed by atoms with E-state index in [1.807, 2.05) is 17.4 Å². The lowest BCUT2D eigenvalue weighted by molar-refractivity contribution is 0.177. The zero-order valence-corrected chi connectivity index (χ0v) is 14.1. The van der Waals surface area contributed by atoms with Crippen LogP contribution in [0.4, 0.5) is 0 Å². The molecule has 1 aromatic rings. The zero-order chi connectivity index (χ0) is 11.4. The molecule has 0 radical (unpaired) electrons. The van der Waals surface area contributed by atoms with Gasteiger partial charge in [-0.25, -0.2) is 0 Å². The van der Waals surface area contributed by atoms with Crippen molar-refractivity contribution in [3.05, 3.63) is 33.5 Å². The Labute approximate surface area is 134 Å². The standard InChI is InChI=1S/C12H17BrN2S.2ClH/c1-2-3-10(11-4-5-12(13)16-11)15-8-6-14-7-9-15;;/h2,4-5,10,14H,1,3,6-9H2;2*1H/t10-;;/m0../s1. The highest BCUT2D eigenvalue weighted by atomic mass is 79.9. The summed E-state index contributed by atoms with van der Waals surface area (Å²) < 4.78 is 1.21. The van der Waals surface area contributed by atoms with Crippen LogP contribution in [0.5, 0.6) is 0 Å². The molecule has 0 aromatic carbocycles. The highest BCUT2D eigenvalue weighted by Crippen LogP contribution is 2.33. The molecule has 0 spiro atoms. The van der Waals surface area contributed by atoms with E-state index in [-0.39, 0.29) is 24.8 Å². The molecule has 2 nitrogen and oxygen atoms in total. The molecule has 6 heteroatoms. The smallest absolute Gasteiger partial charge is 0.0701 e. The third kappa shape index (κ3) is 4.83. The van der Waals surface area contributed by atoms with Crippen LogP contribution in [0.2, 0.25) is 0 Å². The lowest BCUT2D eigenvalue weighted by Gasteiger charge is -2.34. The third-order valence-electron chi connectivity index (χ3n) is 2.90. The molecule has 1 atom stereocenters. The lowest BCUT2D eigenvalue weighted by Crippen LogP contribution is -2.44. The summed E-state index contributed by atoms with van der Waals surface area (Å²) in [5.74, 6) is 0. The predicted octanol–water partition coefficient (Wildman–Crippen LogP) is 3.88. The van der Waals surface area contributed by atoms with Gasteiger partial charge >= 0.3 is 0 Å². The minimum absolute atomic E-state index is 0. The number of piperazine rings is 1. The summed E-state index contributed by atoms with van der Waals surface area (Å²) in [6, 6.07) is 4.87. The monoisotopic (exact) mass is 372 g/mol. The molecule has 0 unspecified atom stereocenters. The highest BCUT2D eigenvalue weighted by molar-refractivity contribution is 9.11. The molecular weight excluding hydrogens is 355 g/mol. The Morgan fingerprint density at radius 1 is 1.39 bits per heavy atom. The topological polar surface area (TPSA) is 15.3 Å². The molecule has 2 rings (SSSR count). The van der Waals surface area contributed by atoms with Crippen molar-refractivity contribution in [1.82, 2.24) is 10.2 Å². The van der Waals surface area contributed by atoms with E-state index in [4.69, 9.17) is 0 Å². The Morgan fingerprint density at radius 2 is 2.06 bits per heavy atom. The van der Waals surface area contributed by atoms with Crippen LogP contribution in [0.1, 0.15) is 17.3 Å². The summed E-state index contributed by atoms with van der Waals surface area (Å²) in [5, 5.41) is 3.40. The van der Waals surface area contributed by atoms with Crippen molar-refractivity contribution < 1.29 is 0 Å². The number of thiophene rings is 1. The van der Waals surface area contributed by atoms with Crippen LogP contribution >= 0.6 is 52.1 Å². The van der Waals surface area contributed by atoms with Gasteiger partial charge < -0.3 is 5.32 Å². The van der Waals surface area contributed by atoms with Gasteiger partial charge in [0.2, 0.25) is 0 Å². The van der Waals surface area contributed by atoms with E-state index in [1.54, 1.807) is 0 Å². The maximum atomic E-state index is 3.88. The number of hydrogen-bond donors (Lipinski definition) is 1. The van der Waals surface area contributed by atoms with Gasteiger partial charge in [0.15, 0.2) is 0 Å². The predicted molar refractivity (Wildman–Crippen MR) is 88.5 cm³/mol. The molecule has 1 aliphatic heterocycles. The number of rotatable bonds is 4. The molecule has 2 heterocycles. The number of nitrogens with zero attached hydrogens (tertiary/aromatic N) is 1. The van der Waals surface area contributed by atoms with E-state index >= 15 is 0 Å². The van der Waals surface area contributed by atoms with Crippen LogP contribution in [0.3, 0.4) is 0 Å². The number of hydrogen-bond acceptors (Lipinski definition) is 3. The Hall–Kier alpha value is 0.420. The molecule has 0 aliphatic carbocycles. The van der Waals surface area contributed by atoms with Crippen molar-refractivity contribution in [1.29, 1.82) is 0 Å². The fourth-order valence-corrected chi connectivity index (χ4v) is 3.68. The van der Waals surface area contributed by atoms with Gasteiger partial charge in [-0.05, 0) is 34.5 Å². The molecule has 0 bridgehead atoms. The van der Waals surface area contributed by atoms with Crippen LogP contribution in [-0.2, 0) is 0 Å². The SMILES string of the molecule is C=CC[C@@H](c1ccc(Br)s1)N1CCNCC1.Cl.Cl. The van der Waals surface area contributed by atoms with Crippen LogP contribution in [0.25, 0.3) is 0 Å². The van der Waals surface area contributed by atoms with E-state index in [2.05, 4.69) is 44.9 Å². The fraction of sp³-hybridized carbons (Fsp3) is 0.500. The maximum Gasteiger partial charge on any atom is 0.0701 e. The molecule has 1 aliphatic rings. The molecule has 1 aromatic heterocycles. The molecular formula is C12H19BrCl2N2S. The largest absolute Gasteiger partial charge is 0.314 e. The lowest BCUT2D eigenvalue weighted by atomic mass is 10.1. The Bertz CT molecular complexity index is 354. The molecule has 1 fully saturated rings. The summed E-state index contributed by atoms with van der Waals surface area (Å²) in [7, 11) is 0. The number of halogens is 3. The quantitative estimate of drug-likeness (QED) is 0.805. The normalized spacial score (nSPS) is 17.4. The first-order chi connectivity index (χ1) is 7.81. The summed E-state index contributed by atoms with van der Waals surface area (Å²) in [5.41, 5.74) is 0. The molecule has 1 saturated heterocycles. The minimum Gasteiger partial charge on any atom is -0.314 e. The van der Waals surface area contributed by atoms with Crippen LogP contribution in [0.15, 0.2) is 28.6 Å². The van der Waals surface area contributed by atoms with E-state index in [1.165, 1.54) is 8.66 Å². The van der Waals surface area contributed by atoms with Gasteiger partial charge in [-0.2, -0.15) is 0 Å². The molecule has 1 N–H and O–H groups in total. The van der Waals surface area contributed by atoms with Gasteiger partial charge in [0, 0.05) is 37.1 Å². The van der Waals surface area contributed by atoms with Crippen molar-refractivity contribution >= 4 is 52.1 Å². The Morgan fingerprint density at radius 3 is 2.56 bits per heavy atom. The van der Waals surface area contributed by atoms with E-state index in [0.29, 0.717) is 6.04 Å². The van der Waals surface area contributed by atoms with E-state index in [9.17, 15) is 0 Å². The van der Waals surface area contributed by atoms with Crippen molar-refractivity contribution in [3.8, 4) is 0 Å². The molecule has 104 valence electrons. The minimum atomic E-state index is 0. The molecule has 18 heavy (non-hydrogen) atoms. The van der Waals surface area contributed by atoms with Gasteiger partial charge in [0.25, 0.3) is 0 Å². The first-order valence-corrected chi connectivity index (χ1v) is 7.23. The zero-order valence-electron chi connectivity index (χ0n) is 10.1. The van der Waals surface area contributed by atoms with Gasteiger partial charge in [0.05, 0.1) is 3.79 Å². The average Bonchev–Trinajstić information content (AvgIpc) is 2.74. The molecule has 0 saturated carbocycles. The maximum absolute atomic E-state index is 3.88. The third-order valence-corrected chi connectivity index (χ3v) is 4.63. The van der Waals surface area contributed by atoms with Crippen molar-refractivity contribution in [2.45, 2.75) is 12.5 Å². The van der Waals surface area contributed by atoms with E-state index < -0.39 is 0 Å². The molecule has 0 amide bonds. The van der Waals surface area contributed by atoms with Crippen LogP contribution in [-0.4, -0.2) is 31.1 Å². The first kappa shape index (κ1) is 18.4. The highest BCUT2D eigenvalue weighted by Gasteiger charge is 2.22. The van der Waals surface area contributed by atoms with Crippen molar-refractivity contribution in [2.75, 3.05) is 26.2 Å². The van der Waals surface area contributed by atoms with Crippen LogP contribution in [0, 0.1) is 0 Å². The second-order valence-corrected chi connectivity index (χ2v) is 6.46. The summed E-state index contributed by atoms with van der Waals surface area (Å²) in [4.78, 5) is 3.99. The van der Waals surface area contributed by atoms with Gasteiger partial charge in [-0.3, -0.25) is 4.90 Å².